The minimum absolute atomic E-state index is 0.904. The van der Waals surface area contributed by atoms with Crippen molar-refractivity contribution < 1.29 is 4.42 Å². The van der Waals surface area contributed by atoms with Crippen molar-refractivity contribution in [1.82, 2.24) is 0 Å². The highest BCUT2D eigenvalue weighted by molar-refractivity contribution is 6.23. The van der Waals surface area contributed by atoms with Crippen LogP contribution in [0.5, 0.6) is 0 Å². The van der Waals surface area contributed by atoms with E-state index in [0.29, 0.717) is 0 Å². The molecule has 0 fully saturated rings. The number of para-hydroxylation sites is 1. The Bertz CT molecular complexity index is 4250. The molecule has 1 nitrogen and oxygen atoms in total. The normalized spacial score (nSPS) is 11.8. The van der Waals surface area contributed by atoms with Gasteiger partial charge in [-0.2, -0.15) is 0 Å². The highest BCUT2D eigenvalue weighted by Gasteiger charge is 2.21. The Balaban J connectivity index is 0.959. The lowest BCUT2D eigenvalue weighted by atomic mass is 9.84. The Morgan fingerprint density at radius 2 is 0.522 bits per heavy atom. The number of fused-ring (bicyclic) bond motifs is 8. The van der Waals surface area contributed by atoms with Crippen LogP contribution in [0.25, 0.3) is 143 Å². The summed E-state index contributed by atoms with van der Waals surface area (Å²) in [5, 5.41) is 14.6. The van der Waals surface area contributed by atoms with Gasteiger partial charge in [0, 0.05) is 10.8 Å². The van der Waals surface area contributed by atoms with Crippen LogP contribution in [0.2, 0.25) is 0 Å². The van der Waals surface area contributed by atoms with Gasteiger partial charge in [0.1, 0.15) is 11.2 Å². The summed E-state index contributed by atoms with van der Waals surface area (Å²) in [7, 11) is 0. The molecule has 0 spiro atoms. The first kappa shape index (κ1) is 39.2. The predicted molar refractivity (Wildman–Crippen MR) is 294 cm³/mol. The molecule has 14 rings (SSSR count). The minimum Gasteiger partial charge on any atom is -0.456 e. The maximum Gasteiger partial charge on any atom is 0.135 e. The summed E-state index contributed by atoms with van der Waals surface area (Å²) in [5.41, 5.74) is 16.4. The second-order valence-electron chi connectivity index (χ2n) is 18.3. The smallest absolute Gasteiger partial charge is 0.135 e. The monoisotopic (exact) mass is 874 g/mol. The third kappa shape index (κ3) is 6.32. The van der Waals surface area contributed by atoms with E-state index in [2.05, 4.69) is 249 Å². The minimum atomic E-state index is 0.904. The summed E-state index contributed by atoms with van der Waals surface area (Å²) in [5.74, 6) is 0. The number of benzene rings is 13. The highest BCUT2D eigenvalue weighted by Crippen LogP contribution is 2.48. The standard InChI is InChI=1S/C68H42O/c1-2-18-43(19-3-1)65-52-27-6-8-29-54(52)66(55-30-9-7-28-53(55)65)48-24-16-22-46(38-48)60-40-44-20-4-5-21-45(44)41-61(60)47-23-17-25-49(39-47)67-56-31-10-12-33-58(56)68(59-34-13-11-32-57(59)67)50-36-37-64-62(42-50)51-26-14-15-35-63(51)69-64/h1-42H. The molecule has 0 radical (unpaired) electrons. The molecule has 0 amide bonds. The molecule has 0 unspecified atom stereocenters. The number of furan rings is 1. The van der Waals surface area contributed by atoms with Crippen molar-refractivity contribution in [2.45, 2.75) is 0 Å². The molecule has 320 valence electrons. The maximum absolute atomic E-state index is 6.28. The lowest BCUT2D eigenvalue weighted by Gasteiger charge is -2.19. The van der Waals surface area contributed by atoms with Crippen LogP contribution in [0.15, 0.2) is 259 Å². The number of hydrogen-bond acceptors (Lipinski definition) is 1. The fourth-order valence-corrected chi connectivity index (χ4v) is 11.4. The third-order valence-electron chi connectivity index (χ3n) is 14.4. The Kier molecular flexibility index (Phi) is 8.97. The van der Waals surface area contributed by atoms with Gasteiger partial charge in [-0.05, 0) is 163 Å². The van der Waals surface area contributed by atoms with Gasteiger partial charge in [-0.1, -0.05) is 212 Å². The molecule has 0 aliphatic rings. The zero-order valence-corrected chi connectivity index (χ0v) is 37.7. The summed E-state index contributed by atoms with van der Waals surface area (Å²) in [6.45, 7) is 0. The van der Waals surface area contributed by atoms with Gasteiger partial charge in [0.05, 0.1) is 0 Å². The molecule has 0 N–H and O–H groups in total. The first-order chi connectivity index (χ1) is 34.2. The molecule has 13 aromatic carbocycles. The van der Waals surface area contributed by atoms with Crippen LogP contribution in [0.1, 0.15) is 0 Å². The lowest BCUT2D eigenvalue weighted by molar-refractivity contribution is 0.669. The van der Waals surface area contributed by atoms with E-state index in [1.54, 1.807) is 0 Å². The van der Waals surface area contributed by atoms with E-state index in [0.717, 1.165) is 21.9 Å². The molecule has 14 aromatic rings. The second kappa shape index (κ2) is 15.8. The van der Waals surface area contributed by atoms with Crippen LogP contribution in [0, 0.1) is 0 Å². The molecule has 1 heteroatoms. The molecule has 0 saturated carbocycles. The first-order valence-corrected chi connectivity index (χ1v) is 23.8. The summed E-state index contributed by atoms with van der Waals surface area (Å²) in [4.78, 5) is 0. The van der Waals surface area contributed by atoms with Crippen LogP contribution in [0.3, 0.4) is 0 Å². The van der Waals surface area contributed by atoms with Crippen molar-refractivity contribution in [2.75, 3.05) is 0 Å². The van der Waals surface area contributed by atoms with Gasteiger partial charge in [0.25, 0.3) is 0 Å². The van der Waals surface area contributed by atoms with Gasteiger partial charge in [0.15, 0.2) is 0 Å². The SMILES string of the molecule is c1ccc(-c2c3ccccc3c(-c3cccc(-c4cc5ccccc5cc4-c4cccc(-c5c6ccccc6c(-c6ccc7oc8ccccc8c7c6)c6ccccc56)c4)c3)c3ccccc23)cc1. The molecular formula is C68H42O. The van der Waals surface area contributed by atoms with Crippen molar-refractivity contribution in [3.8, 4) is 66.8 Å². The van der Waals surface area contributed by atoms with Gasteiger partial charge in [0.2, 0.25) is 0 Å². The summed E-state index contributed by atoms with van der Waals surface area (Å²) in [6, 6.07) is 93.6. The van der Waals surface area contributed by atoms with Gasteiger partial charge in [-0.15, -0.1) is 0 Å². The number of rotatable bonds is 6. The van der Waals surface area contributed by atoms with E-state index >= 15 is 0 Å². The lowest BCUT2D eigenvalue weighted by Crippen LogP contribution is -1.93. The molecule has 0 bridgehead atoms. The predicted octanol–water partition coefficient (Wildman–Crippen LogP) is 19.4. The van der Waals surface area contributed by atoms with E-state index < -0.39 is 0 Å². The number of hydrogen-bond donors (Lipinski definition) is 0. The average molecular weight is 875 g/mol. The fraction of sp³-hybridized carbons (Fsp3) is 0. The summed E-state index contributed by atoms with van der Waals surface area (Å²) in [6.07, 6.45) is 0. The van der Waals surface area contributed by atoms with Gasteiger partial charge in [-0.25, -0.2) is 0 Å². The molecule has 0 saturated heterocycles. The first-order valence-electron chi connectivity index (χ1n) is 23.8. The Hall–Kier alpha value is -9.04. The van der Waals surface area contributed by atoms with Crippen LogP contribution >= 0.6 is 0 Å². The van der Waals surface area contributed by atoms with E-state index in [4.69, 9.17) is 4.42 Å². The van der Waals surface area contributed by atoms with Gasteiger partial charge in [-0.3, -0.25) is 0 Å². The van der Waals surface area contributed by atoms with Crippen molar-refractivity contribution in [1.29, 1.82) is 0 Å². The molecule has 0 atom stereocenters. The fourth-order valence-electron chi connectivity index (χ4n) is 11.4. The summed E-state index contributed by atoms with van der Waals surface area (Å²) < 4.78 is 6.28. The van der Waals surface area contributed by atoms with Gasteiger partial charge >= 0.3 is 0 Å². The highest BCUT2D eigenvalue weighted by atomic mass is 16.3. The average Bonchev–Trinajstić information content (AvgIpc) is 3.79. The maximum atomic E-state index is 6.28. The zero-order chi connectivity index (χ0) is 45.4. The zero-order valence-electron chi connectivity index (χ0n) is 37.7. The van der Waals surface area contributed by atoms with Crippen LogP contribution in [-0.2, 0) is 0 Å². The van der Waals surface area contributed by atoms with Crippen molar-refractivity contribution in [3.63, 3.8) is 0 Å². The molecule has 0 aliphatic heterocycles. The van der Waals surface area contributed by atoms with Gasteiger partial charge < -0.3 is 4.42 Å². The van der Waals surface area contributed by atoms with E-state index in [1.807, 2.05) is 6.07 Å². The van der Waals surface area contributed by atoms with Crippen molar-refractivity contribution in [2.24, 2.45) is 0 Å². The second-order valence-corrected chi connectivity index (χ2v) is 18.3. The van der Waals surface area contributed by atoms with E-state index in [9.17, 15) is 0 Å². The molecule has 0 aliphatic carbocycles. The quantitative estimate of drug-likeness (QED) is 0.152. The topological polar surface area (TPSA) is 13.1 Å². The molecule has 1 aromatic heterocycles. The van der Waals surface area contributed by atoms with Crippen LogP contribution < -0.4 is 0 Å². The Labute approximate surface area is 399 Å². The third-order valence-corrected chi connectivity index (χ3v) is 14.4. The summed E-state index contributed by atoms with van der Waals surface area (Å²) >= 11 is 0. The van der Waals surface area contributed by atoms with E-state index in [-0.39, 0.29) is 0 Å². The Morgan fingerprint density at radius 1 is 0.188 bits per heavy atom. The van der Waals surface area contributed by atoms with Crippen molar-refractivity contribution in [3.05, 3.63) is 255 Å². The van der Waals surface area contributed by atoms with Crippen molar-refractivity contribution >= 4 is 75.8 Å². The Morgan fingerprint density at radius 3 is 0.986 bits per heavy atom. The van der Waals surface area contributed by atoms with Crippen LogP contribution in [0.4, 0.5) is 0 Å². The van der Waals surface area contributed by atoms with E-state index in [1.165, 1.54) is 121 Å². The molecular weight excluding hydrogens is 833 g/mol. The van der Waals surface area contributed by atoms with Crippen LogP contribution in [-0.4, -0.2) is 0 Å². The molecule has 69 heavy (non-hydrogen) atoms. The molecule has 1 heterocycles. The largest absolute Gasteiger partial charge is 0.456 e.